The minimum Gasteiger partial charge on any atom is -0.376 e. The molecule has 2 rings (SSSR count). The van der Waals surface area contributed by atoms with Crippen molar-refractivity contribution in [3.05, 3.63) is 30.3 Å². The summed E-state index contributed by atoms with van der Waals surface area (Å²) in [7, 11) is 0. The maximum Gasteiger partial charge on any atom is 0.257 e. The molecular weight excluding hydrogens is 248 g/mol. The third-order valence-corrected chi connectivity index (χ3v) is 2.67. The standard InChI is InChI=1S/C12H16N4OS/c17-11(8-13-9-4-2-1-3-5-9)15-16-12(18)14-10-6-7-10/h1-5,10,13H,6-8H2,(H,15,17)(H2,14,16,18). The van der Waals surface area contributed by atoms with Crippen LogP contribution in [0.1, 0.15) is 12.8 Å². The molecule has 1 aromatic rings. The third-order valence-electron chi connectivity index (χ3n) is 2.45. The Morgan fingerprint density at radius 2 is 1.94 bits per heavy atom. The number of amides is 1. The molecule has 1 fully saturated rings. The van der Waals surface area contributed by atoms with E-state index in [4.69, 9.17) is 12.2 Å². The summed E-state index contributed by atoms with van der Waals surface area (Å²) in [5.74, 6) is -0.168. The molecule has 1 amide bonds. The average Bonchev–Trinajstić information content (AvgIpc) is 3.19. The number of benzene rings is 1. The third kappa shape index (κ3) is 4.58. The zero-order valence-electron chi connectivity index (χ0n) is 9.90. The van der Waals surface area contributed by atoms with Gasteiger partial charge in [0.25, 0.3) is 5.91 Å². The molecule has 0 bridgehead atoms. The van der Waals surface area contributed by atoms with Crippen molar-refractivity contribution in [2.75, 3.05) is 11.9 Å². The number of carbonyl (C=O) groups is 1. The largest absolute Gasteiger partial charge is 0.376 e. The van der Waals surface area contributed by atoms with Crippen LogP contribution in [0.5, 0.6) is 0 Å². The fourth-order valence-electron chi connectivity index (χ4n) is 1.36. The van der Waals surface area contributed by atoms with Crippen LogP contribution in [0.3, 0.4) is 0 Å². The Morgan fingerprint density at radius 1 is 1.22 bits per heavy atom. The predicted octanol–water partition coefficient (Wildman–Crippen LogP) is 0.756. The zero-order valence-corrected chi connectivity index (χ0v) is 10.7. The first-order valence-electron chi connectivity index (χ1n) is 5.88. The summed E-state index contributed by atoms with van der Waals surface area (Å²) in [4.78, 5) is 11.5. The molecule has 1 aliphatic carbocycles. The molecule has 0 saturated heterocycles. The van der Waals surface area contributed by atoms with Gasteiger partial charge in [-0.3, -0.25) is 15.6 Å². The van der Waals surface area contributed by atoms with Crippen molar-refractivity contribution in [1.82, 2.24) is 16.2 Å². The molecule has 5 nitrogen and oxygen atoms in total. The lowest BCUT2D eigenvalue weighted by atomic mass is 10.3. The number of carbonyl (C=O) groups excluding carboxylic acids is 1. The van der Waals surface area contributed by atoms with Crippen LogP contribution < -0.4 is 21.5 Å². The van der Waals surface area contributed by atoms with Gasteiger partial charge in [-0.2, -0.15) is 0 Å². The van der Waals surface area contributed by atoms with Gasteiger partial charge in [-0.15, -0.1) is 0 Å². The number of anilines is 1. The second-order valence-electron chi connectivity index (χ2n) is 4.14. The Morgan fingerprint density at radius 3 is 2.61 bits per heavy atom. The number of para-hydroxylation sites is 1. The summed E-state index contributed by atoms with van der Waals surface area (Å²) in [6, 6.07) is 10.0. The number of nitrogens with one attached hydrogen (secondary N) is 4. The van der Waals surface area contributed by atoms with Gasteiger partial charge in [-0.05, 0) is 37.2 Å². The number of hydrazine groups is 1. The SMILES string of the molecule is O=C(CNc1ccccc1)NNC(=S)NC1CC1. The Labute approximate surface area is 111 Å². The van der Waals surface area contributed by atoms with Crippen molar-refractivity contribution >= 4 is 28.9 Å². The Bertz CT molecular complexity index is 419. The van der Waals surface area contributed by atoms with E-state index in [9.17, 15) is 4.79 Å². The summed E-state index contributed by atoms with van der Waals surface area (Å²) in [6.07, 6.45) is 2.29. The highest BCUT2D eigenvalue weighted by atomic mass is 32.1. The number of hydrogen-bond donors (Lipinski definition) is 4. The van der Waals surface area contributed by atoms with Gasteiger partial charge in [0.05, 0.1) is 6.54 Å². The molecule has 4 N–H and O–H groups in total. The quantitative estimate of drug-likeness (QED) is 0.477. The van der Waals surface area contributed by atoms with Crippen molar-refractivity contribution < 1.29 is 4.79 Å². The fourth-order valence-corrected chi connectivity index (χ4v) is 1.58. The molecule has 0 aromatic heterocycles. The van der Waals surface area contributed by atoms with E-state index in [0.29, 0.717) is 11.2 Å². The zero-order chi connectivity index (χ0) is 12.8. The normalized spacial score (nSPS) is 13.6. The smallest absolute Gasteiger partial charge is 0.257 e. The van der Waals surface area contributed by atoms with Crippen LogP contribution >= 0.6 is 12.2 Å². The van der Waals surface area contributed by atoms with Crippen molar-refractivity contribution in [2.24, 2.45) is 0 Å². The van der Waals surface area contributed by atoms with Crippen molar-refractivity contribution in [2.45, 2.75) is 18.9 Å². The van der Waals surface area contributed by atoms with E-state index in [1.807, 2.05) is 30.3 Å². The van der Waals surface area contributed by atoms with E-state index in [2.05, 4.69) is 21.5 Å². The van der Waals surface area contributed by atoms with Crippen LogP contribution in [0.15, 0.2) is 30.3 Å². The summed E-state index contributed by atoms with van der Waals surface area (Å²) < 4.78 is 0. The summed E-state index contributed by atoms with van der Waals surface area (Å²) in [5, 5.41) is 6.54. The van der Waals surface area contributed by atoms with Crippen molar-refractivity contribution in [1.29, 1.82) is 0 Å². The molecule has 1 aliphatic rings. The van der Waals surface area contributed by atoms with Crippen molar-refractivity contribution in [3.8, 4) is 0 Å². The van der Waals surface area contributed by atoms with Gasteiger partial charge in [0.15, 0.2) is 5.11 Å². The Kier molecular flexibility index (Phi) is 4.35. The van der Waals surface area contributed by atoms with Crippen LogP contribution in [-0.2, 0) is 4.79 Å². The van der Waals surface area contributed by atoms with Gasteiger partial charge >= 0.3 is 0 Å². The minimum atomic E-state index is -0.168. The Balaban J connectivity index is 1.61. The van der Waals surface area contributed by atoms with Crippen LogP contribution in [0.2, 0.25) is 0 Å². The maximum absolute atomic E-state index is 11.5. The fraction of sp³-hybridized carbons (Fsp3) is 0.333. The molecule has 0 heterocycles. The lowest BCUT2D eigenvalue weighted by Gasteiger charge is -2.11. The molecule has 6 heteroatoms. The first-order valence-corrected chi connectivity index (χ1v) is 6.29. The van der Waals surface area contributed by atoms with Crippen LogP contribution in [0.4, 0.5) is 5.69 Å². The summed E-state index contributed by atoms with van der Waals surface area (Å²) >= 11 is 5.01. The van der Waals surface area contributed by atoms with Gasteiger partial charge in [-0.25, -0.2) is 0 Å². The van der Waals surface area contributed by atoms with Gasteiger partial charge in [-0.1, -0.05) is 18.2 Å². The second kappa shape index (κ2) is 6.20. The number of thiocarbonyl (C=S) groups is 1. The van der Waals surface area contributed by atoms with Crippen LogP contribution in [0, 0.1) is 0 Å². The molecule has 96 valence electrons. The molecular formula is C12H16N4OS. The van der Waals surface area contributed by atoms with Crippen molar-refractivity contribution in [3.63, 3.8) is 0 Å². The van der Waals surface area contributed by atoms with E-state index >= 15 is 0 Å². The first kappa shape index (κ1) is 12.6. The van der Waals surface area contributed by atoms with Gasteiger partial charge in [0, 0.05) is 11.7 Å². The maximum atomic E-state index is 11.5. The van der Waals surface area contributed by atoms with Gasteiger partial charge < -0.3 is 10.6 Å². The highest BCUT2D eigenvalue weighted by molar-refractivity contribution is 7.80. The molecule has 0 unspecified atom stereocenters. The highest BCUT2D eigenvalue weighted by Crippen LogP contribution is 2.18. The summed E-state index contributed by atoms with van der Waals surface area (Å²) in [5.41, 5.74) is 6.11. The number of hydrogen-bond acceptors (Lipinski definition) is 3. The Hall–Kier alpha value is -1.82. The molecule has 0 radical (unpaired) electrons. The number of rotatable bonds is 4. The molecule has 0 aliphatic heterocycles. The summed E-state index contributed by atoms with van der Waals surface area (Å²) in [6.45, 7) is 0.197. The van der Waals surface area contributed by atoms with E-state index < -0.39 is 0 Å². The molecule has 0 atom stereocenters. The topological polar surface area (TPSA) is 65.2 Å². The van der Waals surface area contributed by atoms with E-state index in [-0.39, 0.29) is 12.5 Å². The lowest BCUT2D eigenvalue weighted by molar-refractivity contribution is -0.119. The molecule has 1 aromatic carbocycles. The van der Waals surface area contributed by atoms with Gasteiger partial charge in [0.1, 0.15) is 0 Å². The molecule has 18 heavy (non-hydrogen) atoms. The molecule has 0 spiro atoms. The van der Waals surface area contributed by atoms with E-state index in [1.165, 1.54) is 0 Å². The lowest BCUT2D eigenvalue weighted by Crippen LogP contribution is -2.48. The second-order valence-corrected chi connectivity index (χ2v) is 4.55. The predicted molar refractivity (Wildman–Crippen MR) is 75.0 cm³/mol. The average molecular weight is 264 g/mol. The van der Waals surface area contributed by atoms with E-state index in [1.54, 1.807) is 0 Å². The highest BCUT2D eigenvalue weighted by Gasteiger charge is 2.21. The monoisotopic (exact) mass is 264 g/mol. The van der Waals surface area contributed by atoms with Crippen LogP contribution in [-0.4, -0.2) is 23.6 Å². The van der Waals surface area contributed by atoms with Crippen LogP contribution in [0.25, 0.3) is 0 Å². The van der Waals surface area contributed by atoms with Gasteiger partial charge in [0.2, 0.25) is 0 Å². The first-order chi connectivity index (χ1) is 8.74. The minimum absolute atomic E-state index is 0.168. The van der Waals surface area contributed by atoms with E-state index in [0.717, 1.165) is 18.5 Å². The molecule has 1 saturated carbocycles.